The van der Waals surface area contributed by atoms with E-state index in [9.17, 15) is 8.78 Å². The van der Waals surface area contributed by atoms with Crippen LogP contribution in [0, 0.1) is 28.4 Å². The maximum absolute atomic E-state index is 13.4. The molecule has 1 aliphatic rings. The largest absolute Gasteiger partial charge is 0.312 e. The van der Waals surface area contributed by atoms with Gasteiger partial charge in [0.2, 0.25) is 0 Å². The molecule has 1 N–H and O–H groups in total. The Morgan fingerprint density at radius 2 is 1.72 bits per heavy atom. The highest BCUT2D eigenvalue weighted by molar-refractivity contribution is 5.19. The minimum Gasteiger partial charge on any atom is -0.312 e. The minimum absolute atomic E-state index is 0.335. The molecule has 0 radical (unpaired) electrons. The lowest BCUT2D eigenvalue weighted by Gasteiger charge is -2.07. The Hall–Kier alpha value is -0.960. The maximum atomic E-state index is 13.4. The summed E-state index contributed by atoms with van der Waals surface area (Å²) >= 11 is 0. The molecule has 0 spiro atoms. The van der Waals surface area contributed by atoms with Gasteiger partial charge in [0, 0.05) is 18.2 Å². The van der Waals surface area contributed by atoms with Crippen molar-refractivity contribution in [3.63, 3.8) is 0 Å². The average Bonchev–Trinajstić information content (AvgIpc) is 2.63. The molecule has 0 aliphatic heterocycles. The van der Waals surface area contributed by atoms with Crippen molar-refractivity contribution in [3.8, 4) is 0 Å². The molecule has 0 bridgehead atoms. The van der Waals surface area contributed by atoms with Gasteiger partial charge in [-0.05, 0) is 29.4 Å². The van der Waals surface area contributed by atoms with Gasteiger partial charge in [0.05, 0.1) is 0 Å². The highest BCUT2D eigenvalue weighted by atomic mass is 19.1. The number of benzene rings is 1. The van der Waals surface area contributed by atoms with E-state index >= 15 is 0 Å². The Labute approximate surface area is 108 Å². The molecule has 2 rings (SSSR count). The Balaban J connectivity index is 1.87. The SMILES string of the molecule is CC1(C)C(CNCc2ccc(F)cc2F)C1(C)C. The molecule has 1 saturated carbocycles. The van der Waals surface area contributed by atoms with Gasteiger partial charge < -0.3 is 5.32 Å². The summed E-state index contributed by atoms with van der Waals surface area (Å²) in [6.45, 7) is 10.4. The predicted molar refractivity (Wildman–Crippen MR) is 69.1 cm³/mol. The van der Waals surface area contributed by atoms with E-state index in [0.717, 1.165) is 12.6 Å². The zero-order valence-electron chi connectivity index (χ0n) is 11.5. The second-order valence-corrected chi connectivity index (χ2v) is 6.36. The lowest BCUT2D eigenvalue weighted by atomic mass is 10.0. The summed E-state index contributed by atoms with van der Waals surface area (Å²) in [4.78, 5) is 0. The molecule has 1 aromatic rings. The number of hydrogen-bond acceptors (Lipinski definition) is 1. The predicted octanol–water partition coefficient (Wildman–Crippen LogP) is 3.74. The van der Waals surface area contributed by atoms with Crippen molar-refractivity contribution in [3.05, 3.63) is 35.4 Å². The van der Waals surface area contributed by atoms with Gasteiger partial charge in [-0.25, -0.2) is 8.78 Å². The van der Waals surface area contributed by atoms with Crippen LogP contribution in [-0.4, -0.2) is 6.54 Å². The second-order valence-electron chi connectivity index (χ2n) is 6.36. The van der Waals surface area contributed by atoms with Crippen LogP contribution >= 0.6 is 0 Å². The van der Waals surface area contributed by atoms with Crippen molar-refractivity contribution in [2.45, 2.75) is 34.2 Å². The third-order valence-corrected chi connectivity index (χ3v) is 5.00. The lowest BCUT2D eigenvalue weighted by molar-refractivity contribution is 0.457. The first-order valence-corrected chi connectivity index (χ1v) is 6.41. The van der Waals surface area contributed by atoms with Gasteiger partial charge in [0.25, 0.3) is 0 Å². The smallest absolute Gasteiger partial charge is 0.130 e. The Morgan fingerprint density at radius 3 is 2.22 bits per heavy atom. The number of halogens is 2. The van der Waals surface area contributed by atoms with Gasteiger partial charge in [0.1, 0.15) is 11.6 Å². The van der Waals surface area contributed by atoms with Gasteiger partial charge in [-0.2, -0.15) is 0 Å². The molecular formula is C15H21F2N. The Kier molecular flexibility index (Phi) is 3.22. The third-order valence-electron chi connectivity index (χ3n) is 5.00. The van der Waals surface area contributed by atoms with E-state index in [1.54, 1.807) is 0 Å². The first kappa shape index (κ1) is 13.5. The molecule has 1 fully saturated rings. The molecule has 18 heavy (non-hydrogen) atoms. The fourth-order valence-corrected chi connectivity index (χ4v) is 2.86. The van der Waals surface area contributed by atoms with Gasteiger partial charge in [-0.15, -0.1) is 0 Å². The average molecular weight is 253 g/mol. The molecule has 1 aliphatic carbocycles. The van der Waals surface area contributed by atoms with E-state index < -0.39 is 11.6 Å². The van der Waals surface area contributed by atoms with Crippen LogP contribution in [0.2, 0.25) is 0 Å². The lowest BCUT2D eigenvalue weighted by Crippen LogP contribution is -2.19. The van der Waals surface area contributed by atoms with Crippen LogP contribution < -0.4 is 5.32 Å². The first-order valence-electron chi connectivity index (χ1n) is 6.41. The van der Waals surface area contributed by atoms with E-state index in [1.807, 2.05) is 0 Å². The normalized spacial score (nSPS) is 21.0. The van der Waals surface area contributed by atoms with E-state index in [0.29, 0.717) is 28.9 Å². The van der Waals surface area contributed by atoms with Crippen LogP contribution in [-0.2, 0) is 6.54 Å². The van der Waals surface area contributed by atoms with Crippen molar-refractivity contribution < 1.29 is 8.78 Å². The number of rotatable bonds is 4. The van der Waals surface area contributed by atoms with Crippen LogP contribution in [0.5, 0.6) is 0 Å². The molecule has 1 nitrogen and oxygen atoms in total. The summed E-state index contributed by atoms with van der Waals surface area (Å²) in [7, 11) is 0. The zero-order valence-corrected chi connectivity index (χ0v) is 11.5. The van der Waals surface area contributed by atoms with Gasteiger partial charge >= 0.3 is 0 Å². The van der Waals surface area contributed by atoms with E-state index in [2.05, 4.69) is 33.0 Å². The van der Waals surface area contributed by atoms with Gasteiger partial charge in [-0.1, -0.05) is 33.8 Å². The molecule has 0 unspecified atom stereocenters. The van der Waals surface area contributed by atoms with Crippen LogP contribution in [0.25, 0.3) is 0 Å². The van der Waals surface area contributed by atoms with E-state index in [1.165, 1.54) is 12.1 Å². The topological polar surface area (TPSA) is 12.0 Å². The summed E-state index contributed by atoms with van der Waals surface area (Å²) in [6.07, 6.45) is 0. The fraction of sp³-hybridized carbons (Fsp3) is 0.600. The zero-order chi connectivity index (χ0) is 13.6. The summed E-state index contributed by atoms with van der Waals surface area (Å²) in [6, 6.07) is 3.73. The molecule has 0 amide bonds. The summed E-state index contributed by atoms with van der Waals surface area (Å²) in [5.74, 6) is -0.397. The number of nitrogens with one attached hydrogen (secondary N) is 1. The van der Waals surface area contributed by atoms with Crippen LogP contribution in [0.3, 0.4) is 0 Å². The molecule has 0 atom stereocenters. The molecule has 100 valence electrons. The Bertz CT molecular complexity index is 438. The van der Waals surface area contributed by atoms with Crippen molar-refractivity contribution in [2.75, 3.05) is 6.54 Å². The summed E-state index contributed by atoms with van der Waals surface area (Å²) in [5, 5.41) is 3.27. The Morgan fingerprint density at radius 1 is 1.11 bits per heavy atom. The standard InChI is InChI=1S/C15H21F2N/c1-14(2)13(15(14,3)4)9-18-8-10-5-6-11(16)7-12(10)17/h5-7,13,18H,8-9H2,1-4H3. The van der Waals surface area contributed by atoms with Crippen LogP contribution in [0.15, 0.2) is 18.2 Å². The van der Waals surface area contributed by atoms with Gasteiger partial charge in [-0.3, -0.25) is 0 Å². The van der Waals surface area contributed by atoms with Crippen molar-refractivity contribution >= 4 is 0 Å². The highest BCUT2D eigenvalue weighted by Crippen LogP contribution is 2.67. The number of hydrogen-bond donors (Lipinski definition) is 1. The molecule has 0 heterocycles. The second kappa shape index (κ2) is 4.30. The van der Waals surface area contributed by atoms with E-state index in [4.69, 9.17) is 0 Å². The van der Waals surface area contributed by atoms with Crippen molar-refractivity contribution in [2.24, 2.45) is 16.7 Å². The molecule has 1 aromatic carbocycles. The quantitative estimate of drug-likeness (QED) is 0.862. The van der Waals surface area contributed by atoms with Crippen molar-refractivity contribution in [1.29, 1.82) is 0 Å². The van der Waals surface area contributed by atoms with E-state index in [-0.39, 0.29) is 0 Å². The minimum atomic E-state index is -0.527. The molecule has 0 aromatic heterocycles. The summed E-state index contributed by atoms with van der Waals surface area (Å²) in [5.41, 5.74) is 1.19. The molecule has 3 heteroatoms. The van der Waals surface area contributed by atoms with Crippen LogP contribution in [0.1, 0.15) is 33.3 Å². The van der Waals surface area contributed by atoms with Crippen molar-refractivity contribution in [1.82, 2.24) is 5.32 Å². The fourth-order valence-electron chi connectivity index (χ4n) is 2.86. The summed E-state index contributed by atoms with van der Waals surface area (Å²) < 4.78 is 26.2. The first-order chi connectivity index (χ1) is 8.26. The molecule has 0 saturated heterocycles. The van der Waals surface area contributed by atoms with Gasteiger partial charge in [0.15, 0.2) is 0 Å². The third kappa shape index (κ3) is 2.16. The highest BCUT2D eigenvalue weighted by Gasteiger charge is 2.63. The monoisotopic (exact) mass is 253 g/mol. The maximum Gasteiger partial charge on any atom is 0.130 e. The van der Waals surface area contributed by atoms with Crippen LogP contribution in [0.4, 0.5) is 8.78 Å². The molecular weight excluding hydrogens is 232 g/mol.